The van der Waals surface area contributed by atoms with Crippen molar-refractivity contribution in [2.75, 3.05) is 39.6 Å². The quantitative estimate of drug-likeness (QED) is 0.0222. The van der Waals surface area contributed by atoms with E-state index in [9.17, 15) is 43.2 Å². The van der Waals surface area contributed by atoms with Crippen LogP contribution in [-0.2, 0) is 65.4 Å². The minimum atomic E-state index is -4.96. The average Bonchev–Trinajstić information content (AvgIpc) is 0.984. The van der Waals surface area contributed by atoms with E-state index >= 15 is 0 Å². The Kier molecular flexibility index (Phi) is 74.1. The number of phosphoric ester groups is 2. The Hall–Kier alpha value is -1.94. The summed E-state index contributed by atoms with van der Waals surface area (Å²) in [6.07, 6.45) is 66.5. The summed E-state index contributed by atoms with van der Waals surface area (Å²) in [4.78, 5) is 73.2. The Morgan fingerprint density at radius 3 is 0.660 bits per heavy atom. The monoisotopic (exact) mass is 1510 g/mol. The largest absolute Gasteiger partial charge is 0.472 e. The van der Waals surface area contributed by atoms with Gasteiger partial charge >= 0.3 is 39.5 Å². The highest BCUT2D eigenvalue weighted by Gasteiger charge is 2.30. The first kappa shape index (κ1) is 101. The van der Waals surface area contributed by atoms with E-state index in [4.69, 9.17) is 37.0 Å². The van der Waals surface area contributed by atoms with Gasteiger partial charge in [-0.05, 0) is 37.5 Å². The van der Waals surface area contributed by atoms with E-state index in [0.717, 1.165) is 102 Å². The van der Waals surface area contributed by atoms with Crippen molar-refractivity contribution in [1.29, 1.82) is 0 Å². The summed E-state index contributed by atoms with van der Waals surface area (Å²) >= 11 is 0. The molecule has 0 aliphatic rings. The second-order valence-electron chi connectivity index (χ2n) is 31.2. The fourth-order valence-electron chi connectivity index (χ4n) is 13.1. The van der Waals surface area contributed by atoms with Crippen LogP contribution < -0.4 is 0 Å². The maximum Gasteiger partial charge on any atom is 0.472 e. The van der Waals surface area contributed by atoms with Gasteiger partial charge in [0, 0.05) is 25.7 Å². The van der Waals surface area contributed by atoms with Crippen molar-refractivity contribution in [3.63, 3.8) is 0 Å². The highest BCUT2D eigenvalue weighted by molar-refractivity contribution is 7.47. The van der Waals surface area contributed by atoms with Crippen LogP contribution in [0.3, 0.4) is 0 Å². The molecular formula is C84H164O17P2. The molecule has 0 saturated heterocycles. The fraction of sp³-hybridized carbons (Fsp3) is 0.952. The molecule has 0 aromatic heterocycles. The summed E-state index contributed by atoms with van der Waals surface area (Å²) in [5, 5.41) is 10.7. The van der Waals surface area contributed by atoms with E-state index in [1.165, 1.54) is 263 Å². The lowest BCUT2D eigenvalue weighted by molar-refractivity contribution is -0.161. The number of esters is 4. The van der Waals surface area contributed by atoms with Gasteiger partial charge in [0.2, 0.25) is 0 Å². The van der Waals surface area contributed by atoms with Gasteiger partial charge in [-0.25, -0.2) is 9.13 Å². The third-order valence-electron chi connectivity index (χ3n) is 19.7. The van der Waals surface area contributed by atoms with Gasteiger partial charge in [-0.15, -0.1) is 0 Å². The highest BCUT2D eigenvalue weighted by atomic mass is 31.2. The van der Waals surface area contributed by atoms with Crippen molar-refractivity contribution in [3.8, 4) is 0 Å². The Morgan fingerprint density at radius 2 is 0.447 bits per heavy atom. The van der Waals surface area contributed by atoms with Crippen LogP contribution in [0.25, 0.3) is 0 Å². The molecule has 5 atom stereocenters. The second kappa shape index (κ2) is 75.5. The molecule has 0 aromatic rings. The van der Waals surface area contributed by atoms with Crippen LogP contribution in [-0.4, -0.2) is 96.7 Å². The topological polar surface area (TPSA) is 237 Å². The summed E-state index contributed by atoms with van der Waals surface area (Å²) in [5.41, 5.74) is 0. The van der Waals surface area contributed by atoms with Gasteiger partial charge in [0.15, 0.2) is 12.2 Å². The lowest BCUT2D eigenvalue weighted by atomic mass is 10.0. The molecule has 0 heterocycles. The van der Waals surface area contributed by atoms with Gasteiger partial charge in [0.1, 0.15) is 19.3 Å². The molecule has 0 aromatic carbocycles. The number of hydrogen-bond acceptors (Lipinski definition) is 15. The molecule has 0 radical (unpaired) electrons. The molecule has 0 saturated carbocycles. The van der Waals surface area contributed by atoms with Crippen molar-refractivity contribution in [2.45, 2.75) is 464 Å². The third kappa shape index (κ3) is 78.0. The number of unbranched alkanes of at least 4 members (excludes halogenated alkanes) is 53. The summed E-state index contributed by atoms with van der Waals surface area (Å²) in [7, 11) is -9.93. The Morgan fingerprint density at radius 1 is 0.262 bits per heavy atom. The molecule has 0 bridgehead atoms. The standard InChI is InChI=1S/C84H164O17P2/c1-7-9-11-13-15-17-19-21-22-23-24-25-26-30-38-44-50-56-62-68-83(88)100-79(73-95-82(87)67-61-55-49-43-37-31-27-29-34-40-46-52-58-64-76(3)4)74-98-102(90,91)96-70-78(85)71-97-103(92,93)99-75-80(72-94-81(86)66-60-54-48-42-36-28-20-18-16-14-12-10-8-2)101-84(89)69-63-57-51-45-39-33-32-35-41-47-53-59-65-77(5)6/h76-80,85H,7-75H2,1-6H3,(H,90,91)(H,92,93)/t78-,79-,80-/m1/s1. The van der Waals surface area contributed by atoms with Gasteiger partial charge in [-0.1, -0.05) is 395 Å². The number of aliphatic hydroxyl groups excluding tert-OH is 1. The summed E-state index contributed by atoms with van der Waals surface area (Å²) < 4.78 is 68.9. The summed E-state index contributed by atoms with van der Waals surface area (Å²) in [6, 6.07) is 0. The normalized spacial score (nSPS) is 13.9. The van der Waals surface area contributed by atoms with Gasteiger partial charge < -0.3 is 33.8 Å². The van der Waals surface area contributed by atoms with E-state index < -0.39 is 97.5 Å². The van der Waals surface area contributed by atoms with Crippen molar-refractivity contribution in [2.24, 2.45) is 11.8 Å². The summed E-state index contributed by atoms with van der Waals surface area (Å²) in [6.45, 7) is 9.69. The number of aliphatic hydroxyl groups is 1. The molecule has 3 N–H and O–H groups in total. The van der Waals surface area contributed by atoms with Crippen molar-refractivity contribution >= 4 is 39.5 Å². The lowest BCUT2D eigenvalue weighted by Crippen LogP contribution is -2.30. The third-order valence-corrected chi connectivity index (χ3v) is 21.6. The van der Waals surface area contributed by atoms with Gasteiger partial charge in [0.25, 0.3) is 0 Å². The predicted octanol–water partition coefficient (Wildman–Crippen LogP) is 25.5. The van der Waals surface area contributed by atoms with Crippen LogP contribution in [0.1, 0.15) is 446 Å². The number of ether oxygens (including phenoxy) is 4. The molecular weight excluding hydrogens is 1340 g/mol. The minimum Gasteiger partial charge on any atom is -0.462 e. The fourth-order valence-corrected chi connectivity index (χ4v) is 14.6. The molecule has 0 spiro atoms. The van der Waals surface area contributed by atoms with Gasteiger partial charge in [-0.2, -0.15) is 0 Å². The molecule has 0 aliphatic carbocycles. The Balaban J connectivity index is 5.27. The van der Waals surface area contributed by atoms with E-state index in [0.29, 0.717) is 25.7 Å². The molecule has 0 rings (SSSR count). The first-order valence-electron chi connectivity index (χ1n) is 43.5. The number of rotatable bonds is 83. The maximum atomic E-state index is 13.1. The number of carbonyl (C=O) groups is 4. The molecule has 0 aliphatic heterocycles. The van der Waals surface area contributed by atoms with E-state index in [1.54, 1.807) is 0 Å². The predicted molar refractivity (Wildman–Crippen MR) is 423 cm³/mol. The molecule has 17 nitrogen and oxygen atoms in total. The van der Waals surface area contributed by atoms with Crippen LogP contribution in [0.2, 0.25) is 0 Å². The van der Waals surface area contributed by atoms with Crippen LogP contribution in [0.15, 0.2) is 0 Å². The Bertz CT molecular complexity index is 1980. The molecule has 0 fully saturated rings. The van der Waals surface area contributed by atoms with Crippen LogP contribution in [0.4, 0.5) is 0 Å². The summed E-state index contributed by atoms with van der Waals surface area (Å²) in [5.74, 6) is -0.534. The molecule has 612 valence electrons. The number of phosphoric acid groups is 2. The lowest BCUT2D eigenvalue weighted by Gasteiger charge is -2.21. The molecule has 19 heteroatoms. The average molecular weight is 1510 g/mol. The van der Waals surface area contributed by atoms with Crippen molar-refractivity contribution in [3.05, 3.63) is 0 Å². The molecule has 2 unspecified atom stereocenters. The van der Waals surface area contributed by atoms with Crippen molar-refractivity contribution < 1.29 is 80.2 Å². The van der Waals surface area contributed by atoms with Crippen LogP contribution in [0.5, 0.6) is 0 Å². The first-order valence-corrected chi connectivity index (χ1v) is 46.5. The zero-order valence-corrected chi connectivity index (χ0v) is 69.4. The second-order valence-corrected chi connectivity index (χ2v) is 34.1. The van der Waals surface area contributed by atoms with Crippen LogP contribution >= 0.6 is 15.6 Å². The van der Waals surface area contributed by atoms with E-state index in [2.05, 4.69) is 41.5 Å². The minimum absolute atomic E-state index is 0.108. The molecule has 103 heavy (non-hydrogen) atoms. The zero-order chi connectivity index (χ0) is 75.6. The van der Waals surface area contributed by atoms with Crippen molar-refractivity contribution in [1.82, 2.24) is 0 Å². The highest BCUT2D eigenvalue weighted by Crippen LogP contribution is 2.45. The number of carbonyl (C=O) groups excluding carboxylic acids is 4. The smallest absolute Gasteiger partial charge is 0.462 e. The maximum absolute atomic E-state index is 13.1. The van der Waals surface area contributed by atoms with Gasteiger partial charge in [0.05, 0.1) is 26.4 Å². The number of hydrogen-bond donors (Lipinski definition) is 3. The SMILES string of the molecule is CCCCCCCCCCCCCCCCCCCCCC(=O)O[C@H](COC(=O)CCCCCCCCCCCCCCCC(C)C)COP(=O)(O)OC[C@@H](O)COP(=O)(O)OC[C@@H](COC(=O)CCCCCCCCCCCCCCC)OC(=O)CCCCCCCCCCCCCCC(C)C. The van der Waals surface area contributed by atoms with Crippen LogP contribution in [0, 0.1) is 11.8 Å². The first-order chi connectivity index (χ1) is 49.9. The Labute approximate surface area is 632 Å². The van der Waals surface area contributed by atoms with Gasteiger partial charge in [-0.3, -0.25) is 37.3 Å². The van der Waals surface area contributed by atoms with E-state index in [-0.39, 0.29) is 25.7 Å². The molecule has 0 amide bonds. The van der Waals surface area contributed by atoms with E-state index in [1.807, 2.05) is 0 Å². The zero-order valence-electron chi connectivity index (χ0n) is 67.6.